The van der Waals surface area contributed by atoms with Crippen LogP contribution in [0.5, 0.6) is 11.5 Å². The van der Waals surface area contributed by atoms with Gasteiger partial charge in [-0.15, -0.1) is 0 Å². The van der Waals surface area contributed by atoms with E-state index >= 15 is 4.39 Å². The maximum atomic E-state index is 15.1. The third-order valence-corrected chi connectivity index (χ3v) is 7.37. The minimum Gasteiger partial charge on any atom is -0.497 e. The predicted molar refractivity (Wildman–Crippen MR) is 141 cm³/mol. The Morgan fingerprint density at radius 1 is 1.28 bits per heavy atom. The van der Waals surface area contributed by atoms with E-state index in [4.69, 9.17) is 9.47 Å². The highest BCUT2D eigenvalue weighted by atomic mass is 19.1. The molecule has 0 bridgehead atoms. The highest BCUT2D eigenvalue weighted by molar-refractivity contribution is 6.10. The summed E-state index contributed by atoms with van der Waals surface area (Å²) in [4.78, 5) is 34.6. The first-order chi connectivity index (χ1) is 18.7. The number of aliphatic hydroxyl groups excluding tert-OH is 2. The van der Waals surface area contributed by atoms with Gasteiger partial charge in [0.25, 0.3) is 11.8 Å². The third-order valence-electron chi connectivity index (χ3n) is 7.37. The van der Waals surface area contributed by atoms with Crippen molar-refractivity contribution >= 4 is 22.8 Å². The number of halogens is 1. The van der Waals surface area contributed by atoms with E-state index < -0.39 is 35.9 Å². The lowest BCUT2D eigenvalue weighted by atomic mass is 10.00. The number of fused-ring (bicyclic) bond motifs is 1. The molecule has 2 amide bonds. The fourth-order valence-corrected chi connectivity index (χ4v) is 5.03. The first-order valence-corrected chi connectivity index (χ1v) is 13.1. The number of likely N-dealkylation sites (tertiary alicyclic amines) is 1. The molecule has 2 fully saturated rings. The number of carbonyl (C=O) groups excluding carboxylic acids is 2. The molecule has 3 atom stereocenters. The molecule has 3 heterocycles. The van der Waals surface area contributed by atoms with Crippen LogP contribution < -0.4 is 14.8 Å². The molecule has 1 saturated carbocycles. The van der Waals surface area contributed by atoms with Gasteiger partial charge in [-0.3, -0.25) is 14.6 Å². The minimum absolute atomic E-state index is 0.00891. The number of benzene rings is 1. The number of aryl methyl sites for hydroxylation is 1. The number of nitrogens with one attached hydrogen (secondary N) is 2. The number of aromatic amines is 1. The predicted octanol–water partition coefficient (Wildman–Crippen LogP) is 2.55. The van der Waals surface area contributed by atoms with E-state index in [0.717, 1.165) is 12.8 Å². The summed E-state index contributed by atoms with van der Waals surface area (Å²) >= 11 is 0. The van der Waals surface area contributed by atoms with Gasteiger partial charge in [0, 0.05) is 42.2 Å². The number of hydrogen-bond donors (Lipinski definition) is 4. The molecule has 0 spiro atoms. The first-order valence-electron chi connectivity index (χ1n) is 13.1. The molecule has 11 heteroatoms. The number of H-pyrrole nitrogens is 1. The second-order valence-corrected chi connectivity index (χ2v) is 10.3. The van der Waals surface area contributed by atoms with Crippen molar-refractivity contribution in [3.05, 3.63) is 41.5 Å². The van der Waals surface area contributed by atoms with E-state index in [0.29, 0.717) is 64.7 Å². The average molecular weight is 541 g/mol. The molecule has 208 valence electrons. The summed E-state index contributed by atoms with van der Waals surface area (Å²) < 4.78 is 26.4. The van der Waals surface area contributed by atoms with Crippen molar-refractivity contribution in [2.75, 3.05) is 26.8 Å². The number of aliphatic hydroxyl groups is 2. The number of amides is 2. The van der Waals surface area contributed by atoms with Gasteiger partial charge in [0.1, 0.15) is 17.4 Å². The summed E-state index contributed by atoms with van der Waals surface area (Å²) in [7, 11) is 1.46. The molecule has 4 N–H and O–H groups in total. The van der Waals surface area contributed by atoms with Gasteiger partial charge in [0.15, 0.2) is 11.6 Å². The number of β-amino-alcohol motifs (C(OH)–C–C–N with tert-alkyl or cyclic N) is 1. The Hall–Kier alpha value is -3.70. The van der Waals surface area contributed by atoms with E-state index in [2.05, 4.69) is 15.3 Å². The van der Waals surface area contributed by atoms with Crippen LogP contribution in [0.15, 0.2) is 24.4 Å². The lowest BCUT2D eigenvalue weighted by molar-refractivity contribution is -0.142. The number of methoxy groups -OCH3 is 1. The third kappa shape index (κ3) is 5.41. The number of piperidine rings is 1. The van der Waals surface area contributed by atoms with Crippen molar-refractivity contribution < 1.29 is 33.7 Å². The second kappa shape index (κ2) is 10.8. The van der Waals surface area contributed by atoms with Crippen molar-refractivity contribution in [2.24, 2.45) is 5.92 Å². The molecular formula is C28H33FN4O6. The second-order valence-electron chi connectivity index (χ2n) is 10.3. The Morgan fingerprint density at radius 3 is 2.72 bits per heavy atom. The van der Waals surface area contributed by atoms with Gasteiger partial charge in [-0.25, -0.2) is 4.39 Å². The zero-order valence-corrected chi connectivity index (χ0v) is 22.2. The molecule has 1 saturated heterocycles. The lowest BCUT2D eigenvalue weighted by Gasteiger charge is -2.36. The van der Waals surface area contributed by atoms with E-state index in [9.17, 15) is 19.8 Å². The van der Waals surface area contributed by atoms with Crippen LogP contribution in [0.4, 0.5) is 4.39 Å². The largest absolute Gasteiger partial charge is 0.497 e. The van der Waals surface area contributed by atoms with Gasteiger partial charge in [0.2, 0.25) is 0 Å². The fraction of sp³-hybridized carbons (Fsp3) is 0.464. The minimum atomic E-state index is -1.16. The van der Waals surface area contributed by atoms with Crippen LogP contribution in [0.25, 0.3) is 22.2 Å². The number of hydrogen-bond acceptors (Lipinski definition) is 7. The summed E-state index contributed by atoms with van der Waals surface area (Å²) in [5, 5.41) is 23.1. The van der Waals surface area contributed by atoms with E-state index in [1.807, 2.05) is 0 Å². The molecule has 5 rings (SSSR count). The van der Waals surface area contributed by atoms with Crippen LogP contribution in [0, 0.1) is 18.7 Å². The number of pyridine rings is 1. The first kappa shape index (κ1) is 26.9. The van der Waals surface area contributed by atoms with Crippen LogP contribution >= 0.6 is 0 Å². The standard InChI is InChI=1S/C28H33FN4O6/c1-14-23(27(36)32-21-7-9-33(12-22(21)35)28(37)15(2)34)25-24(31-14)18(6-8-30-25)19-10-17(38-3)11-20(29)26(19)39-13-16-4-5-16/h6,8,10-11,15-16,21-22,31,34-35H,4-5,7,9,12-13H2,1-3H3,(H,32,36)/t15-,21-,22-/m0/s1. The quantitative estimate of drug-likeness (QED) is 0.345. The van der Waals surface area contributed by atoms with Crippen molar-refractivity contribution in [3.63, 3.8) is 0 Å². The van der Waals surface area contributed by atoms with Crippen LogP contribution in [0.3, 0.4) is 0 Å². The summed E-state index contributed by atoms with van der Waals surface area (Å²) in [5.74, 6) is -0.544. The number of rotatable bonds is 8. The normalized spacial score (nSPS) is 20.1. The number of nitrogens with zero attached hydrogens (tertiary/aromatic N) is 2. The van der Waals surface area contributed by atoms with Crippen LogP contribution in [0.1, 0.15) is 42.2 Å². The number of carbonyl (C=O) groups is 2. The summed E-state index contributed by atoms with van der Waals surface area (Å²) in [6.07, 6.45) is 1.85. The number of aromatic nitrogens is 2. The van der Waals surface area contributed by atoms with Crippen molar-refractivity contribution in [1.82, 2.24) is 20.2 Å². The molecule has 0 unspecified atom stereocenters. The van der Waals surface area contributed by atoms with E-state index in [1.54, 1.807) is 25.3 Å². The smallest absolute Gasteiger partial charge is 0.255 e. The van der Waals surface area contributed by atoms with Crippen LogP contribution in [-0.4, -0.2) is 82.0 Å². The Morgan fingerprint density at radius 2 is 2.05 bits per heavy atom. The van der Waals surface area contributed by atoms with Crippen molar-refractivity contribution in [3.8, 4) is 22.6 Å². The SMILES string of the molecule is COc1cc(F)c(OCC2CC2)c(-c2ccnc3c(C(=O)N[C@H]4CCN(C(=O)[C@H](C)O)C[C@@H]4O)c(C)[nH]c23)c1. The molecule has 2 aromatic heterocycles. The molecule has 39 heavy (non-hydrogen) atoms. The summed E-state index contributed by atoms with van der Waals surface area (Å²) in [6, 6.07) is 4.14. The molecule has 2 aliphatic rings. The van der Waals surface area contributed by atoms with Crippen molar-refractivity contribution in [2.45, 2.75) is 51.4 Å². The Kier molecular flexibility index (Phi) is 7.46. The Balaban J connectivity index is 1.44. The zero-order chi connectivity index (χ0) is 27.8. The molecule has 1 aromatic carbocycles. The Bertz CT molecular complexity index is 1400. The number of ether oxygens (including phenoxy) is 2. The maximum absolute atomic E-state index is 15.1. The Labute approximate surface area is 225 Å². The topological polar surface area (TPSA) is 137 Å². The molecule has 3 aromatic rings. The molecular weight excluding hydrogens is 507 g/mol. The van der Waals surface area contributed by atoms with Gasteiger partial charge in [-0.1, -0.05) is 0 Å². The zero-order valence-electron chi connectivity index (χ0n) is 22.2. The monoisotopic (exact) mass is 540 g/mol. The maximum Gasteiger partial charge on any atom is 0.255 e. The lowest BCUT2D eigenvalue weighted by Crippen LogP contribution is -2.56. The highest BCUT2D eigenvalue weighted by Crippen LogP contribution is 2.41. The van der Waals surface area contributed by atoms with Gasteiger partial charge in [0.05, 0.1) is 36.9 Å². The molecule has 10 nitrogen and oxygen atoms in total. The van der Waals surface area contributed by atoms with Gasteiger partial charge in [-0.05, 0) is 51.2 Å². The molecule has 1 aliphatic heterocycles. The fourth-order valence-electron chi connectivity index (χ4n) is 5.03. The van der Waals surface area contributed by atoms with Gasteiger partial charge < -0.3 is 34.9 Å². The summed E-state index contributed by atoms with van der Waals surface area (Å²) in [6.45, 7) is 3.86. The average Bonchev–Trinajstić information content (AvgIpc) is 3.67. The van der Waals surface area contributed by atoms with Crippen LogP contribution in [0.2, 0.25) is 0 Å². The molecule has 0 radical (unpaired) electrons. The van der Waals surface area contributed by atoms with E-state index in [1.165, 1.54) is 25.0 Å². The van der Waals surface area contributed by atoms with Crippen LogP contribution in [-0.2, 0) is 4.79 Å². The van der Waals surface area contributed by atoms with Gasteiger partial charge in [-0.2, -0.15) is 0 Å². The van der Waals surface area contributed by atoms with E-state index in [-0.39, 0.29) is 12.3 Å². The molecule has 1 aliphatic carbocycles. The summed E-state index contributed by atoms with van der Waals surface area (Å²) in [5.41, 5.74) is 2.90. The van der Waals surface area contributed by atoms with Crippen molar-refractivity contribution in [1.29, 1.82) is 0 Å². The highest BCUT2D eigenvalue weighted by Gasteiger charge is 2.33. The van der Waals surface area contributed by atoms with Gasteiger partial charge >= 0.3 is 0 Å².